The smallest absolute Gasteiger partial charge is 0.309 e. The molecule has 0 fully saturated rings. The molecular weight excluding hydrogens is 244 g/mol. The Morgan fingerprint density at radius 1 is 1.26 bits per heavy atom. The number of rotatable bonds is 2. The number of benzene rings is 1. The highest BCUT2D eigenvalue weighted by atomic mass is 16.5. The molecule has 1 heterocycles. The minimum absolute atomic E-state index is 0.222. The number of esters is 1. The van der Waals surface area contributed by atoms with Gasteiger partial charge >= 0.3 is 5.97 Å². The zero-order chi connectivity index (χ0) is 13.8. The SMILES string of the molecule is CC(=O)O/C(C)=N/n1nnc(-c2ccccc2)c1C. The van der Waals surface area contributed by atoms with E-state index in [9.17, 15) is 4.79 Å². The van der Waals surface area contributed by atoms with Crippen LogP contribution in [0.15, 0.2) is 35.4 Å². The van der Waals surface area contributed by atoms with Crippen LogP contribution in [0.1, 0.15) is 19.5 Å². The molecule has 0 aliphatic heterocycles. The maximum absolute atomic E-state index is 10.8. The van der Waals surface area contributed by atoms with E-state index < -0.39 is 5.97 Å². The molecule has 98 valence electrons. The molecule has 2 aromatic rings. The molecule has 0 atom stereocenters. The van der Waals surface area contributed by atoms with Crippen molar-refractivity contribution in [2.24, 2.45) is 5.10 Å². The Kier molecular flexibility index (Phi) is 3.70. The Labute approximate surface area is 110 Å². The van der Waals surface area contributed by atoms with Crippen LogP contribution in [0.5, 0.6) is 0 Å². The van der Waals surface area contributed by atoms with Crippen molar-refractivity contribution < 1.29 is 9.53 Å². The number of hydrogen-bond acceptors (Lipinski definition) is 5. The predicted octanol–water partition coefficient (Wildman–Crippen LogP) is 2.00. The molecule has 0 unspecified atom stereocenters. The Balaban J connectivity index is 2.31. The van der Waals surface area contributed by atoms with E-state index in [-0.39, 0.29) is 5.90 Å². The third-order valence-electron chi connectivity index (χ3n) is 2.45. The van der Waals surface area contributed by atoms with Gasteiger partial charge in [0, 0.05) is 19.4 Å². The normalized spacial score (nSPS) is 11.4. The number of ether oxygens (including phenoxy) is 1. The largest absolute Gasteiger partial charge is 0.410 e. The van der Waals surface area contributed by atoms with Crippen LogP contribution in [0.2, 0.25) is 0 Å². The van der Waals surface area contributed by atoms with Gasteiger partial charge in [0.2, 0.25) is 5.90 Å². The van der Waals surface area contributed by atoms with E-state index >= 15 is 0 Å². The predicted molar refractivity (Wildman–Crippen MR) is 70.5 cm³/mol. The fraction of sp³-hybridized carbons (Fsp3) is 0.231. The first-order chi connectivity index (χ1) is 9.08. The average Bonchev–Trinajstić information content (AvgIpc) is 2.71. The van der Waals surface area contributed by atoms with Gasteiger partial charge in [0.15, 0.2) is 0 Å². The summed E-state index contributed by atoms with van der Waals surface area (Å²) in [5.41, 5.74) is 2.49. The van der Waals surface area contributed by atoms with Gasteiger partial charge in [0.05, 0.1) is 5.69 Å². The summed E-state index contributed by atoms with van der Waals surface area (Å²) >= 11 is 0. The van der Waals surface area contributed by atoms with Gasteiger partial charge in [-0.25, -0.2) is 0 Å². The van der Waals surface area contributed by atoms with Gasteiger partial charge in [-0.15, -0.1) is 15.0 Å². The van der Waals surface area contributed by atoms with Crippen molar-refractivity contribution in [1.29, 1.82) is 0 Å². The highest BCUT2D eigenvalue weighted by Gasteiger charge is 2.10. The van der Waals surface area contributed by atoms with Crippen LogP contribution < -0.4 is 0 Å². The van der Waals surface area contributed by atoms with E-state index in [0.717, 1.165) is 17.0 Å². The summed E-state index contributed by atoms with van der Waals surface area (Å²) in [6.45, 7) is 4.76. The van der Waals surface area contributed by atoms with Crippen LogP contribution in [0.3, 0.4) is 0 Å². The number of carbonyl (C=O) groups excluding carboxylic acids is 1. The molecule has 0 aliphatic carbocycles. The zero-order valence-corrected chi connectivity index (χ0v) is 11.0. The summed E-state index contributed by atoms with van der Waals surface area (Å²) in [4.78, 5) is 12.2. The lowest BCUT2D eigenvalue weighted by atomic mass is 10.1. The molecule has 2 rings (SSSR count). The maximum Gasteiger partial charge on any atom is 0.309 e. The summed E-state index contributed by atoms with van der Waals surface area (Å²) in [5.74, 6) is -0.192. The molecule has 1 aromatic heterocycles. The highest BCUT2D eigenvalue weighted by Crippen LogP contribution is 2.19. The molecule has 0 bridgehead atoms. The Morgan fingerprint density at radius 2 is 1.95 bits per heavy atom. The molecule has 0 saturated carbocycles. The molecule has 19 heavy (non-hydrogen) atoms. The third kappa shape index (κ3) is 3.04. The summed E-state index contributed by atoms with van der Waals surface area (Å²) in [6, 6.07) is 9.70. The van der Waals surface area contributed by atoms with Gasteiger partial charge in [-0.05, 0) is 12.1 Å². The topological polar surface area (TPSA) is 69.4 Å². The van der Waals surface area contributed by atoms with Crippen molar-refractivity contribution >= 4 is 11.9 Å². The third-order valence-corrected chi connectivity index (χ3v) is 2.45. The van der Waals surface area contributed by atoms with Gasteiger partial charge in [-0.1, -0.05) is 30.3 Å². The molecular formula is C13H14N4O2. The minimum Gasteiger partial charge on any atom is -0.410 e. The standard InChI is InChI=1S/C13H14N4O2/c1-9-13(12-7-5-4-6-8-12)14-16-17(9)15-10(2)19-11(3)18/h4-8H,1-3H3/b15-10+. The molecule has 0 aliphatic rings. The Bertz CT molecular complexity index is 617. The van der Waals surface area contributed by atoms with Crippen molar-refractivity contribution in [2.75, 3.05) is 0 Å². The van der Waals surface area contributed by atoms with Gasteiger partial charge < -0.3 is 4.74 Å². The van der Waals surface area contributed by atoms with E-state index in [2.05, 4.69) is 15.4 Å². The van der Waals surface area contributed by atoms with Crippen LogP contribution in [0.25, 0.3) is 11.3 Å². The lowest BCUT2D eigenvalue weighted by Gasteiger charge is -2.00. The number of aromatic nitrogens is 3. The van der Waals surface area contributed by atoms with E-state index in [0.29, 0.717) is 0 Å². The molecule has 6 heteroatoms. The second-order valence-electron chi connectivity index (χ2n) is 3.99. The van der Waals surface area contributed by atoms with Crippen LogP contribution in [0, 0.1) is 6.92 Å². The zero-order valence-electron chi connectivity index (χ0n) is 11.0. The quantitative estimate of drug-likeness (QED) is 0.469. The lowest BCUT2D eigenvalue weighted by Crippen LogP contribution is -2.08. The van der Waals surface area contributed by atoms with Gasteiger partial charge in [0.1, 0.15) is 5.69 Å². The van der Waals surface area contributed by atoms with Crippen molar-refractivity contribution in [3.05, 3.63) is 36.0 Å². The highest BCUT2D eigenvalue weighted by molar-refractivity contribution is 5.86. The second kappa shape index (κ2) is 5.43. The number of carbonyl (C=O) groups is 1. The van der Waals surface area contributed by atoms with Crippen molar-refractivity contribution in [3.63, 3.8) is 0 Å². The molecule has 0 saturated heterocycles. The lowest BCUT2D eigenvalue weighted by molar-refractivity contribution is -0.133. The van der Waals surface area contributed by atoms with Crippen LogP contribution in [0.4, 0.5) is 0 Å². The van der Waals surface area contributed by atoms with E-state index in [1.165, 1.54) is 11.7 Å². The minimum atomic E-state index is -0.415. The van der Waals surface area contributed by atoms with E-state index in [1.54, 1.807) is 6.92 Å². The first kappa shape index (κ1) is 12.9. The summed E-state index contributed by atoms with van der Waals surface area (Å²) in [7, 11) is 0. The van der Waals surface area contributed by atoms with Gasteiger partial charge in [0.25, 0.3) is 0 Å². The number of hydrogen-bond donors (Lipinski definition) is 0. The second-order valence-corrected chi connectivity index (χ2v) is 3.99. The molecule has 0 N–H and O–H groups in total. The van der Waals surface area contributed by atoms with Crippen molar-refractivity contribution in [1.82, 2.24) is 15.1 Å². The van der Waals surface area contributed by atoms with E-state index in [1.807, 2.05) is 37.3 Å². The molecule has 1 aromatic carbocycles. The average molecular weight is 258 g/mol. The Morgan fingerprint density at radius 3 is 2.58 bits per heavy atom. The summed E-state index contributed by atoms with van der Waals surface area (Å²) in [6.07, 6.45) is 0. The maximum atomic E-state index is 10.8. The van der Waals surface area contributed by atoms with Crippen molar-refractivity contribution in [3.8, 4) is 11.3 Å². The Hall–Kier alpha value is -2.50. The first-order valence-electron chi connectivity index (χ1n) is 5.79. The van der Waals surface area contributed by atoms with E-state index in [4.69, 9.17) is 4.74 Å². The molecule has 0 radical (unpaired) electrons. The molecule has 0 amide bonds. The van der Waals surface area contributed by atoms with Crippen LogP contribution in [-0.4, -0.2) is 27.0 Å². The summed E-state index contributed by atoms with van der Waals surface area (Å²) < 4.78 is 4.85. The summed E-state index contributed by atoms with van der Waals surface area (Å²) in [5, 5.41) is 12.1. The first-order valence-corrected chi connectivity index (χ1v) is 5.79. The monoisotopic (exact) mass is 258 g/mol. The fourth-order valence-corrected chi connectivity index (χ4v) is 1.64. The van der Waals surface area contributed by atoms with Gasteiger partial charge in [-0.2, -0.15) is 0 Å². The fourth-order valence-electron chi connectivity index (χ4n) is 1.64. The number of nitrogens with zero attached hydrogens (tertiary/aromatic N) is 4. The molecule has 6 nitrogen and oxygen atoms in total. The van der Waals surface area contributed by atoms with Gasteiger partial charge in [-0.3, -0.25) is 4.79 Å². The molecule has 0 spiro atoms. The van der Waals surface area contributed by atoms with Crippen LogP contribution in [-0.2, 0) is 9.53 Å². The van der Waals surface area contributed by atoms with Crippen molar-refractivity contribution in [2.45, 2.75) is 20.8 Å². The van der Waals surface area contributed by atoms with Crippen LogP contribution >= 0.6 is 0 Å².